The molecule has 0 aromatic rings. The average molecular weight is 1010 g/mol. The normalized spacial score (nSPS) is 13.0. The number of carbonyl (C=O) groups excluding carboxylic acids is 3. The van der Waals surface area contributed by atoms with Crippen LogP contribution in [0, 0.1) is 0 Å². The largest absolute Gasteiger partial charge is 0.462 e. The average Bonchev–Trinajstić information content (AvgIpc) is 3.39. The van der Waals surface area contributed by atoms with E-state index in [1.54, 1.807) is 0 Å². The van der Waals surface area contributed by atoms with Gasteiger partial charge in [-0.05, 0) is 109 Å². The second kappa shape index (κ2) is 60.4. The topological polar surface area (TPSA) is 78.9 Å². The summed E-state index contributed by atoms with van der Waals surface area (Å²) in [5.41, 5.74) is 0. The molecule has 0 spiro atoms. The second-order valence-corrected chi connectivity index (χ2v) is 19.5. The van der Waals surface area contributed by atoms with E-state index in [0.717, 1.165) is 135 Å². The lowest BCUT2D eigenvalue weighted by molar-refractivity contribution is -0.167. The minimum absolute atomic E-state index is 0.0873. The summed E-state index contributed by atoms with van der Waals surface area (Å²) >= 11 is 0. The van der Waals surface area contributed by atoms with Gasteiger partial charge in [0, 0.05) is 19.3 Å². The molecule has 0 aliphatic carbocycles. The van der Waals surface area contributed by atoms with E-state index >= 15 is 0 Å². The van der Waals surface area contributed by atoms with Crippen molar-refractivity contribution in [1.29, 1.82) is 0 Å². The van der Waals surface area contributed by atoms with E-state index in [4.69, 9.17) is 14.2 Å². The first kappa shape index (κ1) is 68.8. The maximum Gasteiger partial charge on any atom is 0.306 e. The number of allylic oxidation sites excluding steroid dienone is 20. The molecule has 0 radical (unpaired) electrons. The van der Waals surface area contributed by atoms with E-state index in [2.05, 4.69) is 142 Å². The molecule has 0 heterocycles. The Kier molecular flexibility index (Phi) is 56.9. The molecule has 0 aromatic heterocycles. The molecule has 6 heteroatoms. The Hall–Kier alpha value is -4.19. The summed E-state index contributed by atoms with van der Waals surface area (Å²) in [7, 11) is 0. The fourth-order valence-corrected chi connectivity index (χ4v) is 8.03. The van der Waals surface area contributed by atoms with Crippen LogP contribution in [0.5, 0.6) is 0 Å². The van der Waals surface area contributed by atoms with E-state index < -0.39 is 6.10 Å². The summed E-state index contributed by atoms with van der Waals surface area (Å²) in [6.07, 6.45) is 83.4. The minimum atomic E-state index is -0.791. The van der Waals surface area contributed by atoms with Gasteiger partial charge in [-0.15, -0.1) is 0 Å². The van der Waals surface area contributed by atoms with E-state index in [-0.39, 0.29) is 31.1 Å². The summed E-state index contributed by atoms with van der Waals surface area (Å²) in [6, 6.07) is 0. The number of hydrogen-bond donors (Lipinski definition) is 0. The highest BCUT2D eigenvalue weighted by Gasteiger charge is 2.19. The lowest BCUT2D eigenvalue weighted by Crippen LogP contribution is -2.30. The number of carbonyl (C=O) groups is 3. The molecule has 73 heavy (non-hydrogen) atoms. The van der Waals surface area contributed by atoms with Crippen LogP contribution in [0.1, 0.15) is 265 Å². The van der Waals surface area contributed by atoms with Crippen LogP contribution < -0.4 is 0 Å². The summed E-state index contributed by atoms with van der Waals surface area (Å²) < 4.78 is 16.8. The van der Waals surface area contributed by atoms with E-state index in [0.29, 0.717) is 19.3 Å². The molecule has 0 fully saturated rings. The molecular formula is C67H110O6. The molecule has 0 N–H and O–H groups in total. The molecule has 0 amide bonds. The molecule has 0 aliphatic heterocycles. The van der Waals surface area contributed by atoms with Gasteiger partial charge in [-0.1, -0.05) is 258 Å². The zero-order valence-electron chi connectivity index (χ0n) is 47.4. The molecule has 0 saturated heterocycles. The van der Waals surface area contributed by atoms with Crippen LogP contribution in [0.25, 0.3) is 0 Å². The second-order valence-electron chi connectivity index (χ2n) is 19.5. The van der Waals surface area contributed by atoms with Crippen LogP contribution in [0.15, 0.2) is 122 Å². The van der Waals surface area contributed by atoms with Crippen molar-refractivity contribution in [3.8, 4) is 0 Å². The molecule has 1 unspecified atom stereocenters. The molecule has 0 rings (SSSR count). The molecule has 1 atom stereocenters. The molecule has 0 aliphatic rings. The monoisotopic (exact) mass is 1010 g/mol. The van der Waals surface area contributed by atoms with Gasteiger partial charge in [0.1, 0.15) is 13.2 Å². The number of ether oxygens (including phenoxy) is 3. The zero-order valence-corrected chi connectivity index (χ0v) is 47.4. The van der Waals surface area contributed by atoms with Gasteiger partial charge in [0.25, 0.3) is 0 Å². The van der Waals surface area contributed by atoms with Crippen molar-refractivity contribution >= 4 is 17.9 Å². The number of rotatable bonds is 53. The van der Waals surface area contributed by atoms with Gasteiger partial charge in [-0.25, -0.2) is 0 Å². The maximum absolute atomic E-state index is 12.9. The van der Waals surface area contributed by atoms with Crippen LogP contribution in [0.3, 0.4) is 0 Å². The quantitative estimate of drug-likeness (QED) is 0.0261. The Bertz CT molecular complexity index is 1540. The van der Waals surface area contributed by atoms with Crippen LogP contribution >= 0.6 is 0 Å². The van der Waals surface area contributed by atoms with Crippen LogP contribution in [0.2, 0.25) is 0 Å². The van der Waals surface area contributed by atoms with Gasteiger partial charge in [-0.2, -0.15) is 0 Å². The third-order valence-electron chi connectivity index (χ3n) is 12.5. The van der Waals surface area contributed by atoms with Gasteiger partial charge in [0.2, 0.25) is 0 Å². The summed E-state index contributed by atoms with van der Waals surface area (Å²) in [6.45, 7) is 6.38. The fraction of sp³-hybridized carbons (Fsp3) is 0.657. The Labute approximate surface area is 450 Å². The Morgan fingerprint density at radius 1 is 0.288 bits per heavy atom. The predicted molar refractivity (Wildman–Crippen MR) is 316 cm³/mol. The Balaban J connectivity index is 4.32. The summed E-state index contributed by atoms with van der Waals surface area (Å²) in [5.74, 6) is -0.912. The van der Waals surface area contributed by atoms with E-state index in [1.165, 1.54) is 89.9 Å². The Morgan fingerprint density at radius 3 is 0.836 bits per heavy atom. The van der Waals surface area contributed by atoms with Crippen molar-refractivity contribution in [1.82, 2.24) is 0 Å². The standard InChI is InChI=1S/C67H110O6/c1-4-7-10-13-16-19-21-23-25-27-29-31-33-35-37-39-41-43-45-48-51-54-57-60-66(69)72-63-64(62-71-65(68)59-56-53-50-47-18-15-12-9-6-3)73-67(70)61-58-55-52-49-46-44-42-40-38-36-34-32-30-28-26-24-22-20-17-14-11-8-5-2/h7-8,10-11,16-17,19-20,23-26,29-32,35-38,64H,4-6,9,12-15,18,21-22,27-28,33-34,39-63H2,1-3H3/b10-7-,11-8-,19-16-,20-17-,25-23-,26-24-,31-29-,32-30-,37-35-,38-36-. The van der Waals surface area contributed by atoms with E-state index in [1.807, 2.05) is 0 Å². The maximum atomic E-state index is 12.9. The third kappa shape index (κ3) is 58.6. The fourth-order valence-electron chi connectivity index (χ4n) is 8.03. The minimum Gasteiger partial charge on any atom is -0.462 e. The van der Waals surface area contributed by atoms with E-state index in [9.17, 15) is 14.4 Å². The lowest BCUT2D eigenvalue weighted by atomic mass is 10.1. The van der Waals surface area contributed by atoms with Crippen molar-refractivity contribution in [2.24, 2.45) is 0 Å². The molecule has 0 saturated carbocycles. The molecule has 0 bridgehead atoms. The van der Waals surface area contributed by atoms with Gasteiger partial charge >= 0.3 is 17.9 Å². The van der Waals surface area contributed by atoms with Crippen molar-refractivity contribution < 1.29 is 28.6 Å². The number of esters is 3. The van der Waals surface area contributed by atoms with Gasteiger partial charge in [-0.3, -0.25) is 14.4 Å². The van der Waals surface area contributed by atoms with Gasteiger partial charge in [0.15, 0.2) is 6.10 Å². The van der Waals surface area contributed by atoms with Crippen LogP contribution in [0.4, 0.5) is 0 Å². The smallest absolute Gasteiger partial charge is 0.306 e. The van der Waals surface area contributed by atoms with Crippen molar-refractivity contribution in [2.45, 2.75) is 271 Å². The van der Waals surface area contributed by atoms with Crippen LogP contribution in [-0.2, 0) is 28.6 Å². The highest BCUT2D eigenvalue weighted by molar-refractivity contribution is 5.71. The first-order valence-corrected chi connectivity index (χ1v) is 30.0. The van der Waals surface area contributed by atoms with Crippen molar-refractivity contribution in [3.63, 3.8) is 0 Å². The summed E-state index contributed by atoms with van der Waals surface area (Å²) in [4.78, 5) is 38.1. The zero-order chi connectivity index (χ0) is 52.9. The number of unbranched alkanes of at least 4 members (excludes halogenated alkanes) is 22. The van der Waals surface area contributed by atoms with Crippen molar-refractivity contribution in [3.05, 3.63) is 122 Å². The molecular weight excluding hydrogens is 901 g/mol. The first-order valence-electron chi connectivity index (χ1n) is 30.0. The lowest BCUT2D eigenvalue weighted by Gasteiger charge is -2.18. The highest BCUT2D eigenvalue weighted by Crippen LogP contribution is 2.15. The molecule has 0 aromatic carbocycles. The third-order valence-corrected chi connectivity index (χ3v) is 12.5. The SMILES string of the molecule is CC/C=C\C/C=C\C/C=C\C/C=C\C/C=C\CCCCCCCCCC(=O)OCC(COC(=O)CCCCCCCCCCC)OC(=O)CCCCCCCCC/C=C\C/C=C\C/C=C\C/C=C\C/C=C\CC. The van der Waals surface area contributed by atoms with Crippen molar-refractivity contribution in [2.75, 3.05) is 13.2 Å². The highest BCUT2D eigenvalue weighted by atomic mass is 16.6. The van der Waals surface area contributed by atoms with Gasteiger partial charge in [0.05, 0.1) is 0 Å². The molecule has 414 valence electrons. The summed E-state index contributed by atoms with van der Waals surface area (Å²) in [5, 5.41) is 0. The Morgan fingerprint density at radius 2 is 0.534 bits per heavy atom. The van der Waals surface area contributed by atoms with Gasteiger partial charge < -0.3 is 14.2 Å². The first-order chi connectivity index (χ1) is 36.0. The number of hydrogen-bond acceptors (Lipinski definition) is 6. The predicted octanol–water partition coefficient (Wildman–Crippen LogP) is 20.4. The molecule has 6 nitrogen and oxygen atoms in total. The van der Waals surface area contributed by atoms with Crippen LogP contribution in [-0.4, -0.2) is 37.2 Å².